The van der Waals surface area contributed by atoms with Crippen LogP contribution in [0.4, 0.5) is 0 Å². The summed E-state index contributed by atoms with van der Waals surface area (Å²) in [6.45, 7) is 9.34. The van der Waals surface area contributed by atoms with E-state index in [1.54, 1.807) is 11.8 Å². The fourth-order valence-electron chi connectivity index (χ4n) is 2.29. The second-order valence-corrected chi connectivity index (χ2v) is 6.07. The third-order valence-corrected chi connectivity index (χ3v) is 4.34. The maximum Gasteiger partial charge on any atom is 0.225 e. The predicted molar refractivity (Wildman–Crippen MR) is 75.4 cm³/mol. The topological polar surface area (TPSA) is 75.4 Å². The molecule has 0 radical (unpaired) electrons. The fraction of sp³-hybridized carbons (Fsp3) is 0.857. The number of hydrogen-bond donors (Lipinski definition) is 2. The summed E-state index contributed by atoms with van der Waals surface area (Å²) in [4.78, 5) is 25.5. The molecule has 0 aromatic rings. The molecular formula is C14H27N3O2. The molecule has 1 aliphatic heterocycles. The molecule has 110 valence electrons. The maximum atomic E-state index is 12.3. The van der Waals surface area contributed by atoms with Gasteiger partial charge in [-0.25, -0.2) is 0 Å². The first-order valence-corrected chi connectivity index (χ1v) is 7.07. The number of amides is 2. The van der Waals surface area contributed by atoms with E-state index >= 15 is 0 Å². The van der Waals surface area contributed by atoms with Crippen LogP contribution in [0.2, 0.25) is 0 Å². The minimum absolute atomic E-state index is 0.0209. The molecule has 2 amide bonds. The van der Waals surface area contributed by atoms with Crippen LogP contribution in [-0.2, 0) is 9.59 Å². The Morgan fingerprint density at radius 2 is 2.11 bits per heavy atom. The summed E-state index contributed by atoms with van der Waals surface area (Å²) in [6, 6.07) is 0. The molecule has 0 aromatic carbocycles. The molecule has 3 N–H and O–H groups in total. The lowest BCUT2D eigenvalue weighted by molar-refractivity contribution is -0.134. The predicted octanol–water partition coefficient (Wildman–Crippen LogP) is 0.735. The normalized spacial score (nSPS) is 23.1. The zero-order chi connectivity index (χ0) is 14.6. The number of carbonyl (C=O) groups excluding carboxylic acids is 2. The summed E-state index contributed by atoms with van der Waals surface area (Å²) in [5.74, 6) is 0.228. The quantitative estimate of drug-likeness (QED) is 0.790. The van der Waals surface area contributed by atoms with Crippen molar-refractivity contribution in [2.75, 3.05) is 19.6 Å². The van der Waals surface area contributed by atoms with Crippen LogP contribution in [-0.4, -0.2) is 41.9 Å². The second kappa shape index (κ2) is 6.37. The Kier molecular flexibility index (Phi) is 5.35. The van der Waals surface area contributed by atoms with Gasteiger partial charge in [0.25, 0.3) is 0 Å². The molecule has 19 heavy (non-hydrogen) atoms. The second-order valence-electron chi connectivity index (χ2n) is 6.07. The average molecular weight is 269 g/mol. The minimum Gasteiger partial charge on any atom is -0.349 e. The molecule has 1 rings (SSSR count). The van der Waals surface area contributed by atoms with Gasteiger partial charge in [0.05, 0.1) is 11.5 Å². The molecule has 5 nitrogen and oxygen atoms in total. The van der Waals surface area contributed by atoms with Crippen molar-refractivity contribution in [1.82, 2.24) is 10.2 Å². The number of carbonyl (C=O) groups is 2. The van der Waals surface area contributed by atoms with E-state index < -0.39 is 0 Å². The van der Waals surface area contributed by atoms with Crippen LogP contribution in [0.5, 0.6) is 0 Å². The monoisotopic (exact) mass is 269 g/mol. The Balaban J connectivity index is 2.65. The number of nitrogens with two attached hydrogens (primary N) is 1. The summed E-state index contributed by atoms with van der Waals surface area (Å²) in [5, 5.41) is 3.07. The molecule has 0 saturated carbocycles. The van der Waals surface area contributed by atoms with Crippen molar-refractivity contribution in [2.24, 2.45) is 17.6 Å². The van der Waals surface area contributed by atoms with Gasteiger partial charge in [0, 0.05) is 26.6 Å². The Morgan fingerprint density at radius 3 is 2.58 bits per heavy atom. The number of hydrogen-bond acceptors (Lipinski definition) is 3. The largest absolute Gasteiger partial charge is 0.349 e. The van der Waals surface area contributed by atoms with Gasteiger partial charge in [0.15, 0.2) is 0 Å². The van der Waals surface area contributed by atoms with Crippen LogP contribution in [0.15, 0.2) is 0 Å². The first kappa shape index (κ1) is 16.0. The van der Waals surface area contributed by atoms with E-state index in [0.29, 0.717) is 13.1 Å². The Bertz CT molecular complexity index is 344. The fourth-order valence-corrected chi connectivity index (χ4v) is 2.29. The molecule has 5 heteroatoms. The molecule has 1 fully saturated rings. The van der Waals surface area contributed by atoms with Gasteiger partial charge in [0.2, 0.25) is 11.8 Å². The van der Waals surface area contributed by atoms with Gasteiger partial charge in [-0.1, -0.05) is 13.8 Å². The van der Waals surface area contributed by atoms with E-state index in [1.807, 2.05) is 6.92 Å². The summed E-state index contributed by atoms with van der Waals surface area (Å²) in [6.07, 6.45) is 1.73. The van der Waals surface area contributed by atoms with Crippen LogP contribution in [0, 0.1) is 11.8 Å². The van der Waals surface area contributed by atoms with E-state index in [0.717, 1.165) is 19.4 Å². The molecule has 0 aromatic heterocycles. The van der Waals surface area contributed by atoms with Crippen molar-refractivity contribution in [3.63, 3.8) is 0 Å². The standard InChI is InChI=1S/C14H27N3O2/c1-10(2)14(4,9-15)16-13(19)12-6-5-7-17(8-12)11(3)18/h10,12H,5-9,15H2,1-4H3,(H,16,19). The van der Waals surface area contributed by atoms with E-state index in [4.69, 9.17) is 5.73 Å². The Morgan fingerprint density at radius 1 is 1.47 bits per heavy atom. The number of piperidine rings is 1. The third-order valence-electron chi connectivity index (χ3n) is 4.34. The molecule has 1 saturated heterocycles. The van der Waals surface area contributed by atoms with E-state index in [-0.39, 0.29) is 29.2 Å². The van der Waals surface area contributed by atoms with Gasteiger partial charge in [0.1, 0.15) is 0 Å². The average Bonchev–Trinajstić information content (AvgIpc) is 2.38. The van der Waals surface area contributed by atoms with Crippen molar-refractivity contribution in [1.29, 1.82) is 0 Å². The summed E-state index contributed by atoms with van der Waals surface area (Å²) >= 11 is 0. The zero-order valence-electron chi connectivity index (χ0n) is 12.5. The molecular weight excluding hydrogens is 242 g/mol. The van der Waals surface area contributed by atoms with Crippen LogP contribution >= 0.6 is 0 Å². The number of rotatable bonds is 4. The Hall–Kier alpha value is -1.10. The SMILES string of the molecule is CC(=O)N1CCCC(C(=O)NC(C)(CN)C(C)C)C1. The van der Waals surface area contributed by atoms with Gasteiger partial charge < -0.3 is 16.0 Å². The lowest BCUT2D eigenvalue weighted by atomic mass is 9.87. The Labute approximate surface area is 115 Å². The number of likely N-dealkylation sites (tertiary alicyclic amines) is 1. The molecule has 0 bridgehead atoms. The van der Waals surface area contributed by atoms with Gasteiger partial charge in [-0.3, -0.25) is 9.59 Å². The maximum absolute atomic E-state index is 12.3. The lowest BCUT2D eigenvalue weighted by Gasteiger charge is -2.37. The zero-order valence-corrected chi connectivity index (χ0v) is 12.5. The molecule has 2 unspecified atom stereocenters. The van der Waals surface area contributed by atoms with Crippen LogP contribution < -0.4 is 11.1 Å². The summed E-state index contributed by atoms with van der Waals surface area (Å²) in [5.41, 5.74) is 5.40. The highest BCUT2D eigenvalue weighted by Crippen LogP contribution is 2.20. The van der Waals surface area contributed by atoms with Crippen molar-refractivity contribution >= 4 is 11.8 Å². The van der Waals surface area contributed by atoms with Crippen molar-refractivity contribution in [3.05, 3.63) is 0 Å². The van der Waals surface area contributed by atoms with Gasteiger partial charge in [-0.15, -0.1) is 0 Å². The molecule has 1 aliphatic rings. The number of nitrogens with one attached hydrogen (secondary N) is 1. The van der Waals surface area contributed by atoms with Crippen LogP contribution in [0.3, 0.4) is 0 Å². The van der Waals surface area contributed by atoms with Crippen molar-refractivity contribution < 1.29 is 9.59 Å². The minimum atomic E-state index is -0.379. The number of nitrogens with zero attached hydrogens (tertiary/aromatic N) is 1. The smallest absolute Gasteiger partial charge is 0.225 e. The highest BCUT2D eigenvalue weighted by molar-refractivity contribution is 5.81. The lowest BCUT2D eigenvalue weighted by Crippen LogP contribution is -2.57. The van der Waals surface area contributed by atoms with Gasteiger partial charge in [-0.2, -0.15) is 0 Å². The molecule has 0 aliphatic carbocycles. The molecule has 0 spiro atoms. The van der Waals surface area contributed by atoms with Gasteiger partial charge in [-0.05, 0) is 25.7 Å². The molecule has 1 heterocycles. The van der Waals surface area contributed by atoms with Crippen LogP contribution in [0.1, 0.15) is 40.5 Å². The highest BCUT2D eigenvalue weighted by atomic mass is 16.2. The third kappa shape index (κ3) is 3.93. The van der Waals surface area contributed by atoms with Crippen molar-refractivity contribution in [2.45, 2.75) is 46.1 Å². The highest BCUT2D eigenvalue weighted by Gasteiger charge is 2.33. The van der Waals surface area contributed by atoms with E-state index in [1.165, 1.54) is 0 Å². The van der Waals surface area contributed by atoms with Crippen molar-refractivity contribution in [3.8, 4) is 0 Å². The first-order valence-electron chi connectivity index (χ1n) is 7.07. The summed E-state index contributed by atoms with van der Waals surface area (Å²) in [7, 11) is 0. The molecule has 2 atom stereocenters. The van der Waals surface area contributed by atoms with Gasteiger partial charge >= 0.3 is 0 Å². The van der Waals surface area contributed by atoms with E-state index in [2.05, 4.69) is 19.2 Å². The van der Waals surface area contributed by atoms with Crippen LogP contribution in [0.25, 0.3) is 0 Å². The first-order chi connectivity index (χ1) is 8.80. The van der Waals surface area contributed by atoms with E-state index in [9.17, 15) is 9.59 Å². The summed E-state index contributed by atoms with van der Waals surface area (Å²) < 4.78 is 0.